The smallest absolute Gasteiger partial charge is 0.333 e. The quantitative estimate of drug-likeness (QED) is 0.665. The van der Waals surface area contributed by atoms with Crippen LogP contribution in [0.5, 0.6) is 0 Å². The van der Waals surface area contributed by atoms with Crippen LogP contribution in [-0.4, -0.2) is 23.0 Å². The Morgan fingerprint density at radius 1 is 1.50 bits per heavy atom. The van der Waals surface area contributed by atoms with Crippen LogP contribution in [0.3, 0.4) is 0 Å². The van der Waals surface area contributed by atoms with Gasteiger partial charge in [0.2, 0.25) is 5.78 Å². The van der Waals surface area contributed by atoms with E-state index in [2.05, 4.69) is 6.58 Å². The fraction of sp³-hybridized carbons (Fsp3) is 0.474. The molecule has 2 aliphatic rings. The van der Waals surface area contributed by atoms with Gasteiger partial charge in [-0.15, -0.1) is 0 Å². The third-order valence-corrected chi connectivity index (χ3v) is 5.52. The molecule has 0 saturated carbocycles. The molecular formula is C19H22O5. The summed E-state index contributed by atoms with van der Waals surface area (Å²) >= 11 is 0. The van der Waals surface area contributed by atoms with E-state index in [9.17, 15) is 14.7 Å². The topological polar surface area (TPSA) is 76.7 Å². The lowest BCUT2D eigenvalue weighted by Crippen LogP contribution is -2.49. The van der Waals surface area contributed by atoms with Gasteiger partial charge in [0.05, 0.1) is 12.4 Å². The first-order chi connectivity index (χ1) is 11.2. The number of hydrogen-bond acceptors (Lipinski definition) is 5. The molecule has 0 saturated heterocycles. The maximum atomic E-state index is 12.9. The fourth-order valence-corrected chi connectivity index (χ4v) is 3.79. The highest BCUT2D eigenvalue weighted by Gasteiger charge is 2.57. The summed E-state index contributed by atoms with van der Waals surface area (Å²) in [4.78, 5) is 25.1. The molecule has 0 radical (unpaired) electrons. The largest absolute Gasteiger partial charge is 0.460 e. The maximum absolute atomic E-state index is 12.9. The molecule has 0 spiro atoms. The molecule has 5 nitrogen and oxygen atoms in total. The Kier molecular flexibility index (Phi) is 3.79. The molecule has 1 aromatic heterocycles. The second kappa shape index (κ2) is 5.45. The average Bonchev–Trinajstić information content (AvgIpc) is 2.90. The number of ketones is 1. The molecule has 0 fully saturated rings. The lowest BCUT2D eigenvalue weighted by Gasteiger charge is -2.49. The van der Waals surface area contributed by atoms with Gasteiger partial charge in [-0.2, -0.15) is 0 Å². The zero-order valence-corrected chi connectivity index (χ0v) is 14.4. The van der Waals surface area contributed by atoms with Gasteiger partial charge in [0.15, 0.2) is 5.76 Å². The van der Waals surface area contributed by atoms with Crippen LogP contribution >= 0.6 is 0 Å². The van der Waals surface area contributed by atoms with E-state index in [0.717, 1.165) is 5.56 Å². The van der Waals surface area contributed by atoms with Crippen LogP contribution in [0.4, 0.5) is 0 Å². The molecule has 4 atom stereocenters. The molecule has 1 heterocycles. The van der Waals surface area contributed by atoms with E-state index in [4.69, 9.17) is 9.15 Å². The van der Waals surface area contributed by atoms with E-state index >= 15 is 0 Å². The monoisotopic (exact) mass is 330 g/mol. The first kappa shape index (κ1) is 16.7. The van der Waals surface area contributed by atoms with Crippen molar-refractivity contribution in [2.24, 2.45) is 11.3 Å². The van der Waals surface area contributed by atoms with Crippen LogP contribution in [0, 0.1) is 18.3 Å². The number of rotatable bonds is 2. The summed E-state index contributed by atoms with van der Waals surface area (Å²) in [6.45, 7) is 10.8. The van der Waals surface area contributed by atoms with E-state index < -0.39 is 23.6 Å². The first-order valence-electron chi connectivity index (χ1n) is 8.07. The number of carbonyl (C=O) groups excluding carboxylic acids is 2. The van der Waals surface area contributed by atoms with E-state index in [-0.39, 0.29) is 23.0 Å². The summed E-state index contributed by atoms with van der Waals surface area (Å²) in [6.07, 6.45) is 2.34. The highest BCUT2D eigenvalue weighted by molar-refractivity contribution is 6.10. The highest BCUT2D eigenvalue weighted by Crippen LogP contribution is 2.57. The Morgan fingerprint density at radius 3 is 2.79 bits per heavy atom. The molecule has 0 bridgehead atoms. The van der Waals surface area contributed by atoms with Crippen molar-refractivity contribution in [3.05, 3.63) is 47.0 Å². The van der Waals surface area contributed by atoms with Crippen LogP contribution in [-0.2, 0) is 9.53 Å². The van der Waals surface area contributed by atoms with E-state index in [1.54, 1.807) is 13.0 Å². The third kappa shape index (κ3) is 2.11. The van der Waals surface area contributed by atoms with Crippen molar-refractivity contribution in [3.8, 4) is 0 Å². The van der Waals surface area contributed by atoms with Crippen LogP contribution in [0.15, 0.2) is 34.5 Å². The van der Waals surface area contributed by atoms with Gasteiger partial charge < -0.3 is 14.3 Å². The van der Waals surface area contributed by atoms with Crippen molar-refractivity contribution in [1.29, 1.82) is 0 Å². The standard InChI is InChI=1S/C19H22O5/c1-9(2)18(22)24-17-14-10(3)8-23-16(14)15(21)12-6-7-13(20)11(4)19(12,17)5/h6,8,11,13,17,20H,1,7H2,2-5H3. The zero-order valence-electron chi connectivity index (χ0n) is 14.4. The minimum Gasteiger partial charge on any atom is -0.460 e. The summed E-state index contributed by atoms with van der Waals surface area (Å²) in [7, 11) is 0. The summed E-state index contributed by atoms with van der Waals surface area (Å²) in [6, 6.07) is 0. The minimum absolute atomic E-state index is 0.193. The van der Waals surface area contributed by atoms with Gasteiger partial charge >= 0.3 is 5.97 Å². The predicted octanol–water partition coefficient (Wildman–Crippen LogP) is 3.28. The second-order valence-electron chi connectivity index (χ2n) is 7.05. The van der Waals surface area contributed by atoms with Crippen LogP contribution in [0.2, 0.25) is 0 Å². The number of aliphatic hydroxyl groups excluding tert-OH is 1. The van der Waals surface area contributed by atoms with Crippen molar-refractivity contribution in [1.82, 2.24) is 0 Å². The van der Waals surface area contributed by atoms with E-state index in [1.165, 1.54) is 6.26 Å². The normalized spacial score (nSPS) is 31.8. The number of hydrogen-bond donors (Lipinski definition) is 1. The Labute approximate surface area is 141 Å². The average molecular weight is 330 g/mol. The molecule has 128 valence electrons. The Balaban J connectivity index is 2.23. The number of furan rings is 1. The first-order valence-corrected chi connectivity index (χ1v) is 8.07. The molecule has 24 heavy (non-hydrogen) atoms. The number of carbonyl (C=O) groups is 2. The number of Topliss-reactive ketones (excluding diaryl/α,β-unsaturated/α-hetero) is 1. The van der Waals surface area contributed by atoms with Gasteiger partial charge in [0.1, 0.15) is 6.10 Å². The summed E-state index contributed by atoms with van der Waals surface area (Å²) in [5.41, 5.74) is 1.36. The molecular weight excluding hydrogens is 308 g/mol. The van der Waals surface area contributed by atoms with Gasteiger partial charge in [0, 0.05) is 22.1 Å². The number of aryl methyl sites for hydroxylation is 1. The molecule has 5 heteroatoms. The lowest BCUT2D eigenvalue weighted by atomic mass is 9.57. The zero-order chi connectivity index (χ0) is 17.8. The van der Waals surface area contributed by atoms with Crippen molar-refractivity contribution in [3.63, 3.8) is 0 Å². The van der Waals surface area contributed by atoms with Crippen molar-refractivity contribution >= 4 is 11.8 Å². The summed E-state index contributed by atoms with van der Waals surface area (Å²) < 4.78 is 11.2. The van der Waals surface area contributed by atoms with Gasteiger partial charge in [0.25, 0.3) is 0 Å². The van der Waals surface area contributed by atoms with Gasteiger partial charge in [-0.1, -0.05) is 26.5 Å². The van der Waals surface area contributed by atoms with E-state index in [0.29, 0.717) is 17.6 Å². The highest BCUT2D eigenvalue weighted by atomic mass is 16.5. The molecule has 0 aliphatic heterocycles. The number of fused-ring (bicyclic) bond motifs is 2. The molecule has 1 aromatic rings. The molecule has 0 aromatic carbocycles. The Morgan fingerprint density at radius 2 is 2.17 bits per heavy atom. The number of aliphatic hydroxyl groups is 1. The van der Waals surface area contributed by atoms with Gasteiger partial charge in [-0.3, -0.25) is 4.79 Å². The SMILES string of the molecule is C=C(C)C(=O)OC1c2c(C)coc2C(=O)C2=CCC(O)C(C)C21C. The van der Waals surface area contributed by atoms with Gasteiger partial charge in [-0.05, 0) is 31.7 Å². The Bertz CT molecular complexity index is 769. The Hall–Kier alpha value is -2.14. The van der Waals surface area contributed by atoms with Crippen LogP contribution in [0.1, 0.15) is 55.0 Å². The van der Waals surface area contributed by atoms with Crippen LogP contribution in [0.25, 0.3) is 0 Å². The van der Waals surface area contributed by atoms with E-state index in [1.807, 2.05) is 20.8 Å². The van der Waals surface area contributed by atoms with Gasteiger partial charge in [-0.25, -0.2) is 4.79 Å². The number of esters is 1. The third-order valence-electron chi connectivity index (χ3n) is 5.52. The summed E-state index contributed by atoms with van der Waals surface area (Å²) in [5, 5.41) is 10.4. The second-order valence-corrected chi connectivity index (χ2v) is 7.05. The fourth-order valence-electron chi connectivity index (χ4n) is 3.79. The van der Waals surface area contributed by atoms with Crippen molar-refractivity contribution < 1.29 is 23.8 Å². The molecule has 2 aliphatic carbocycles. The molecule has 3 rings (SSSR count). The minimum atomic E-state index is -0.818. The summed E-state index contributed by atoms with van der Waals surface area (Å²) in [5.74, 6) is -0.748. The predicted molar refractivity (Wildman–Crippen MR) is 87.4 cm³/mol. The molecule has 1 N–H and O–H groups in total. The maximum Gasteiger partial charge on any atom is 0.333 e. The van der Waals surface area contributed by atoms with Crippen molar-refractivity contribution in [2.45, 2.75) is 46.3 Å². The van der Waals surface area contributed by atoms with Crippen molar-refractivity contribution in [2.75, 3.05) is 0 Å². The van der Waals surface area contributed by atoms with Crippen LogP contribution < -0.4 is 0 Å². The molecule has 0 amide bonds. The molecule has 4 unspecified atom stereocenters. The number of ether oxygens (including phenoxy) is 1. The lowest BCUT2D eigenvalue weighted by molar-refractivity contribution is -0.155.